The second-order valence-corrected chi connectivity index (χ2v) is 6.71. The molecule has 136 valence electrons. The van der Waals surface area contributed by atoms with E-state index in [4.69, 9.17) is 0 Å². The van der Waals surface area contributed by atoms with Crippen LogP contribution in [0, 0.1) is 5.92 Å². The van der Waals surface area contributed by atoms with E-state index in [-0.39, 0.29) is 29.1 Å². The number of hydrazine groups is 1. The van der Waals surface area contributed by atoms with Gasteiger partial charge in [-0.05, 0) is 38.7 Å². The Kier molecular flexibility index (Phi) is 5.16. The fourth-order valence-electron chi connectivity index (χ4n) is 3.06. The van der Waals surface area contributed by atoms with Crippen molar-refractivity contribution in [3.63, 3.8) is 0 Å². The van der Waals surface area contributed by atoms with Crippen molar-refractivity contribution in [1.82, 2.24) is 20.6 Å². The van der Waals surface area contributed by atoms with Crippen molar-refractivity contribution in [3.05, 3.63) is 52.5 Å². The molecule has 3 rings (SSSR count). The molecule has 2 aromatic rings. The molecule has 7 nitrogen and oxygen atoms in total. The lowest BCUT2D eigenvalue weighted by Crippen LogP contribution is -2.43. The lowest BCUT2D eigenvalue weighted by Gasteiger charge is -2.14. The van der Waals surface area contributed by atoms with Crippen LogP contribution >= 0.6 is 0 Å². The zero-order chi connectivity index (χ0) is 18.7. The van der Waals surface area contributed by atoms with E-state index in [1.54, 1.807) is 24.3 Å². The molecular weight excluding hydrogens is 332 g/mol. The summed E-state index contributed by atoms with van der Waals surface area (Å²) in [5, 5.41) is 5.09. The topological polar surface area (TPSA) is 93.1 Å². The van der Waals surface area contributed by atoms with Gasteiger partial charge in [0.1, 0.15) is 0 Å². The van der Waals surface area contributed by atoms with Gasteiger partial charge < -0.3 is 0 Å². The Labute approximate surface area is 151 Å². The van der Waals surface area contributed by atoms with Crippen LogP contribution in [0.1, 0.15) is 49.6 Å². The molecule has 0 spiro atoms. The summed E-state index contributed by atoms with van der Waals surface area (Å²) >= 11 is 0. The van der Waals surface area contributed by atoms with Gasteiger partial charge in [-0.15, -0.1) is 0 Å². The summed E-state index contributed by atoms with van der Waals surface area (Å²) in [6.45, 7) is 3.64. The Hall–Kier alpha value is -2.96. The van der Waals surface area contributed by atoms with Gasteiger partial charge in [0, 0.05) is 11.8 Å². The number of hydrogen-bond acceptors (Lipinski definition) is 4. The Morgan fingerprint density at radius 2 is 1.96 bits per heavy atom. The van der Waals surface area contributed by atoms with Gasteiger partial charge in [-0.1, -0.05) is 30.4 Å². The highest BCUT2D eigenvalue weighted by atomic mass is 16.2. The third-order valence-electron chi connectivity index (χ3n) is 4.41. The lowest BCUT2D eigenvalue weighted by molar-refractivity contribution is -0.122. The van der Waals surface area contributed by atoms with Gasteiger partial charge in [-0.3, -0.25) is 25.2 Å². The summed E-state index contributed by atoms with van der Waals surface area (Å²) in [6, 6.07) is 6.63. The van der Waals surface area contributed by atoms with Crippen molar-refractivity contribution in [2.45, 2.75) is 39.2 Å². The normalized spacial score (nSPS) is 16.2. The standard InChI is InChI=1S/C19H22N4O3/c1-12(2)23-19(26)15-10-6-5-9-14(15)17(22-23)18(25)21-20-16(24)11-13-7-3-4-8-13/h3,5-7,9-10,12-13H,4,8,11H2,1-2H3,(H,20,24)(H,21,25)/t13-/m0/s1. The Bertz CT molecular complexity index is 930. The predicted octanol–water partition coefficient (Wildman–Crippen LogP) is 2.09. The largest absolute Gasteiger partial charge is 0.290 e. The molecule has 0 saturated heterocycles. The van der Waals surface area contributed by atoms with E-state index < -0.39 is 5.91 Å². The number of rotatable bonds is 4. The zero-order valence-corrected chi connectivity index (χ0v) is 14.9. The molecule has 1 aliphatic carbocycles. The number of hydrogen-bond donors (Lipinski definition) is 2. The highest BCUT2D eigenvalue weighted by Gasteiger charge is 2.19. The quantitative estimate of drug-likeness (QED) is 0.649. The summed E-state index contributed by atoms with van der Waals surface area (Å²) in [7, 11) is 0. The van der Waals surface area contributed by atoms with Gasteiger partial charge in [0.05, 0.1) is 11.4 Å². The molecule has 0 unspecified atom stereocenters. The van der Waals surface area contributed by atoms with Crippen LogP contribution in [0.3, 0.4) is 0 Å². The Morgan fingerprint density at radius 3 is 2.62 bits per heavy atom. The Morgan fingerprint density at radius 1 is 1.23 bits per heavy atom. The van der Waals surface area contributed by atoms with E-state index in [0.717, 1.165) is 12.8 Å². The molecule has 1 aromatic carbocycles. The van der Waals surface area contributed by atoms with Crippen LogP contribution in [-0.2, 0) is 4.79 Å². The van der Waals surface area contributed by atoms with E-state index in [9.17, 15) is 14.4 Å². The molecule has 1 aliphatic rings. The van der Waals surface area contributed by atoms with Crippen LogP contribution in [0.2, 0.25) is 0 Å². The van der Waals surface area contributed by atoms with Crippen molar-refractivity contribution in [2.75, 3.05) is 0 Å². The van der Waals surface area contributed by atoms with E-state index in [0.29, 0.717) is 17.2 Å². The molecule has 1 aromatic heterocycles. The van der Waals surface area contributed by atoms with Crippen molar-refractivity contribution in [2.24, 2.45) is 5.92 Å². The maximum Gasteiger partial charge on any atom is 0.290 e. The molecule has 1 atom stereocenters. The SMILES string of the molecule is CC(C)n1nc(C(=O)NNC(=O)C[C@H]2C=CCC2)c2ccccc2c1=O. The first-order valence-electron chi connectivity index (χ1n) is 8.74. The molecule has 26 heavy (non-hydrogen) atoms. The number of allylic oxidation sites excluding steroid dienone is 2. The molecule has 0 radical (unpaired) electrons. The maximum absolute atomic E-state index is 12.6. The third kappa shape index (κ3) is 3.66. The van der Waals surface area contributed by atoms with Crippen molar-refractivity contribution < 1.29 is 9.59 Å². The Balaban J connectivity index is 1.81. The summed E-state index contributed by atoms with van der Waals surface area (Å²) in [5.74, 6) is -0.587. The van der Waals surface area contributed by atoms with Gasteiger partial charge in [-0.25, -0.2) is 4.68 Å². The molecule has 0 bridgehead atoms. The van der Waals surface area contributed by atoms with Crippen LogP contribution in [-0.4, -0.2) is 21.6 Å². The second-order valence-electron chi connectivity index (χ2n) is 6.71. The average Bonchev–Trinajstić information content (AvgIpc) is 3.13. The predicted molar refractivity (Wildman–Crippen MR) is 98.5 cm³/mol. The summed E-state index contributed by atoms with van der Waals surface area (Å²) in [5.41, 5.74) is 4.71. The fourth-order valence-corrected chi connectivity index (χ4v) is 3.06. The number of nitrogens with one attached hydrogen (secondary N) is 2. The smallest absolute Gasteiger partial charge is 0.273 e. The van der Waals surface area contributed by atoms with Crippen molar-refractivity contribution in [1.29, 1.82) is 0 Å². The fraction of sp³-hybridized carbons (Fsp3) is 0.368. The second kappa shape index (κ2) is 7.51. The van der Waals surface area contributed by atoms with Crippen molar-refractivity contribution >= 4 is 22.6 Å². The molecule has 2 amide bonds. The number of nitrogens with zero attached hydrogens (tertiary/aromatic N) is 2. The summed E-state index contributed by atoms with van der Waals surface area (Å²) < 4.78 is 1.28. The number of fused-ring (bicyclic) bond motifs is 1. The molecule has 0 fully saturated rings. The first-order valence-corrected chi connectivity index (χ1v) is 8.74. The number of benzene rings is 1. The van der Waals surface area contributed by atoms with Crippen LogP contribution in [0.15, 0.2) is 41.2 Å². The zero-order valence-electron chi connectivity index (χ0n) is 14.9. The minimum Gasteiger partial charge on any atom is -0.273 e. The van der Waals surface area contributed by atoms with E-state index >= 15 is 0 Å². The van der Waals surface area contributed by atoms with Gasteiger partial charge in [0.15, 0.2) is 5.69 Å². The number of aromatic nitrogens is 2. The summed E-state index contributed by atoms with van der Waals surface area (Å²) in [4.78, 5) is 37.1. The molecule has 0 aliphatic heterocycles. The van der Waals surface area contributed by atoms with Gasteiger partial charge in [0.2, 0.25) is 5.91 Å². The van der Waals surface area contributed by atoms with E-state index in [1.165, 1.54) is 4.68 Å². The molecular formula is C19H22N4O3. The third-order valence-corrected chi connectivity index (χ3v) is 4.41. The van der Waals surface area contributed by atoms with Gasteiger partial charge in [-0.2, -0.15) is 5.10 Å². The highest BCUT2D eigenvalue weighted by Crippen LogP contribution is 2.20. The van der Waals surface area contributed by atoms with Crippen LogP contribution in [0.5, 0.6) is 0 Å². The van der Waals surface area contributed by atoms with Gasteiger partial charge in [0.25, 0.3) is 11.5 Å². The summed E-state index contributed by atoms with van der Waals surface area (Å²) in [6.07, 6.45) is 6.34. The van der Waals surface area contributed by atoms with Crippen LogP contribution in [0.4, 0.5) is 0 Å². The minimum absolute atomic E-state index is 0.106. The van der Waals surface area contributed by atoms with Crippen molar-refractivity contribution in [3.8, 4) is 0 Å². The first-order chi connectivity index (χ1) is 12.5. The molecule has 1 heterocycles. The van der Waals surface area contributed by atoms with E-state index in [2.05, 4.69) is 22.0 Å². The van der Waals surface area contributed by atoms with Gasteiger partial charge >= 0.3 is 0 Å². The molecule has 2 N–H and O–H groups in total. The number of carbonyl (C=O) groups excluding carboxylic acids is 2. The monoisotopic (exact) mass is 354 g/mol. The highest BCUT2D eigenvalue weighted by molar-refractivity contribution is 6.05. The molecule has 0 saturated carbocycles. The minimum atomic E-state index is -0.550. The average molecular weight is 354 g/mol. The van der Waals surface area contributed by atoms with E-state index in [1.807, 2.05) is 19.9 Å². The lowest BCUT2D eigenvalue weighted by atomic mass is 10.1. The van der Waals surface area contributed by atoms with Crippen LogP contribution in [0.25, 0.3) is 10.8 Å². The first kappa shape index (κ1) is 17.8. The number of carbonyl (C=O) groups is 2. The number of amides is 2. The van der Waals surface area contributed by atoms with Crippen LogP contribution < -0.4 is 16.4 Å². The maximum atomic E-state index is 12.6. The molecule has 7 heteroatoms.